The number of benzene rings is 1. The molecule has 0 saturated heterocycles. The molecule has 0 spiro atoms. The minimum absolute atomic E-state index is 0.150. The molecule has 3 N–H and O–H groups in total. The number of anilines is 1. The Hall–Kier alpha value is -2.44. The minimum Gasteiger partial charge on any atom is -0.497 e. The molecule has 0 unspecified atom stereocenters. The van der Waals surface area contributed by atoms with Gasteiger partial charge in [-0.25, -0.2) is 9.59 Å². The van der Waals surface area contributed by atoms with E-state index in [9.17, 15) is 9.59 Å². The fourth-order valence-corrected chi connectivity index (χ4v) is 1.91. The van der Waals surface area contributed by atoms with Crippen LogP contribution in [0.5, 0.6) is 11.5 Å². The quantitative estimate of drug-likeness (QED) is 0.718. The molecule has 2 amide bonds. The van der Waals surface area contributed by atoms with E-state index < -0.39 is 18.0 Å². The topological polar surface area (TPSA) is 96.9 Å². The molecule has 0 bridgehead atoms. The van der Waals surface area contributed by atoms with Gasteiger partial charge in [0.25, 0.3) is 0 Å². The highest BCUT2D eigenvalue weighted by Gasteiger charge is 2.21. The van der Waals surface area contributed by atoms with Crippen molar-refractivity contribution in [3.8, 4) is 11.5 Å². The number of ether oxygens (including phenoxy) is 2. The Morgan fingerprint density at radius 2 is 1.91 bits per heavy atom. The Morgan fingerprint density at radius 1 is 1.23 bits per heavy atom. The first kappa shape index (κ1) is 17.6. The van der Waals surface area contributed by atoms with Crippen molar-refractivity contribution in [3.63, 3.8) is 0 Å². The van der Waals surface area contributed by atoms with Gasteiger partial charge in [-0.1, -0.05) is 13.8 Å². The summed E-state index contributed by atoms with van der Waals surface area (Å²) < 4.78 is 10.2. The molecule has 1 rings (SSSR count). The average Bonchev–Trinajstić information content (AvgIpc) is 2.46. The first-order chi connectivity index (χ1) is 10.4. The van der Waals surface area contributed by atoms with Crippen molar-refractivity contribution < 1.29 is 24.2 Å². The molecule has 122 valence electrons. The molecule has 1 aromatic rings. The molecule has 22 heavy (non-hydrogen) atoms. The van der Waals surface area contributed by atoms with Crippen LogP contribution in [-0.4, -0.2) is 37.4 Å². The van der Waals surface area contributed by atoms with Gasteiger partial charge in [0.05, 0.1) is 19.9 Å². The SMILES string of the molecule is COc1ccc(NC(=O)N[C@@H](CC(C)C)C(=O)O)c(OC)c1. The molecular weight excluding hydrogens is 288 g/mol. The first-order valence-electron chi connectivity index (χ1n) is 6.89. The van der Waals surface area contributed by atoms with Gasteiger partial charge >= 0.3 is 12.0 Å². The van der Waals surface area contributed by atoms with E-state index in [1.54, 1.807) is 18.2 Å². The second-order valence-electron chi connectivity index (χ2n) is 5.19. The maximum Gasteiger partial charge on any atom is 0.326 e. The lowest BCUT2D eigenvalue weighted by atomic mass is 10.0. The summed E-state index contributed by atoms with van der Waals surface area (Å²) in [5, 5.41) is 14.1. The molecule has 0 aliphatic heterocycles. The molecule has 0 fully saturated rings. The number of hydrogen-bond donors (Lipinski definition) is 3. The summed E-state index contributed by atoms with van der Waals surface area (Å²) in [4.78, 5) is 23.1. The van der Waals surface area contributed by atoms with Crippen molar-refractivity contribution >= 4 is 17.7 Å². The van der Waals surface area contributed by atoms with Gasteiger partial charge in [-0.2, -0.15) is 0 Å². The predicted molar refractivity (Wildman–Crippen MR) is 82.6 cm³/mol. The van der Waals surface area contributed by atoms with Crippen molar-refractivity contribution in [2.45, 2.75) is 26.3 Å². The van der Waals surface area contributed by atoms with E-state index in [0.717, 1.165) is 0 Å². The molecule has 1 aromatic carbocycles. The van der Waals surface area contributed by atoms with Crippen LogP contribution < -0.4 is 20.1 Å². The van der Waals surface area contributed by atoms with Gasteiger partial charge in [0, 0.05) is 6.07 Å². The lowest BCUT2D eigenvalue weighted by molar-refractivity contribution is -0.139. The Kier molecular flexibility index (Phi) is 6.49. The number of carbonyl (C=O) groups excluding carboxylic acids is 1. The van der Waals surface area contributed by atoms with Gasteiger partial charge in [0.15, 0.2) is 0 Å². The summed E-state index contributed by atoms with van der Waals surface area (Å²) in [6.07, 6.45) is 0.350. The Labute approximate surface area is 129 Å². The van der Waals surface area contributed by atoms with Crippen LogP contribution >= 0.6 is 0 Å². The summed E-state index contributed by atoms with van der Waals surface area (Å²) >= 11 is 0. The third-order valence-electron chi connectivity index (χ3n) is 2.97. The summed E-state index contributed by atoms with van der Waals surface area (Å²) in [7, 11) is 2.99. The van der Waals surface area contributed by atoms with Crippen molar-refractivity contribution in [3.05, 3.63) is 18.2 Å². The summed E-state index contributed by atoms with van der Waals surface area (Å²) in [6.45, 7) is 3.78. The van der Waals surface area contributed by atoms with E-state index in [1.165, 1.54) is 14.2 Å². The molecule has 0 saturated carbocycles. The van der Waals surface area contributed by atoms with Gasteiger partial charge in [0.1, 0.15) is 17.5 Å². The van der Waals surface area contributed by atoms with E-state index in [4.69, 9.17) is 14.6 Å². The number of carbonyl (C=O) groups is 2. The zero-order chi connectivity index (χ0) is 16.7. The molecule has 0 aromatic heterocycles. The van der Waals surface area contributed by atoms with E-state index >= 15 is 0 Å². The van der Waals surface area contributed by atoms with Crippen LogP contribution in [0.1, 0.15) is 20.3 Å². The lowest BCUT2D eigenvalue weighted by Gasteiger charge is -2.18. The van der Waals surface area contributed by atoms with Crippen LogP contribution in [0.3, 0.4) is 0 Å². The van der Waals surface area contributed by atoms with Gasteiger partial charge in [-0.05, 0) is 24.5 Å². The van der Waals surface area contributed by atoms with Crippen LogP contribution in [0.15, 0.2) is 18.2 Å². The van der Waals surface area contributed by atoms with Crippen LogP contribution in [0.2, 0.25) is 0 Å². The Morgan fingerprint density at radius 3 is 2.41 bits per heavy atom. The van der Waals surface area contributed by atoms with E-state index in [1.807, 2.05) is 13.8 Å². The van der Waals surface area contributed by atoms with Gasteiger partial charge in [-0.15, -0.1) is 0 Å². The number of nitrogens with one attached hydrogen (secondary N) is 2. The summed E-state index contributed by atoms with van der Waals surface area (Å²) in [5.41, 5.74) is 0.425. The number of carboxylic acids is 1. The summed E-state index contributed by atoms with van der Waals surface area (Å²) in [6, 6.07) is 3.37. The highest BCUT2D eigenvalue weighted by Crippen LogP contribution is 2.28. The molecule has 0 radical (unpaired) electrons. The van der Waals surface area contributed by atoms with E-state index in [0.29, 0.717) is 23.6 Å². The average molecular weight is 310 g/mol. The molecular formula is C15H22N2O5. The van der Waals surface area contributed by atoms with Crippen LogP contribution in [-0.2, 0) is 4.79 Å². The van der Waals surface area contributed by atoms with Crippen molar-refractivity contribution in [2.75, 3.05) is 19.5 Å². The Balaban J connectivity index is 2.77. The highest BCUT2D eigenvalue weighted by molar-refractivity contribution is 5.93. The molecule has 0 heterocycles. The maximum atomic E-state index is 12.0. The molecule has 1 atom stereocenters. The number of amides is 2. The number of carboxylic acid groups (broad SMARTS) is 1. The third kappa shape index (κ3) is 5.16. The summed E-state index contributed by atoms with van der Waals surface area (Å²) in [5.74, 6) is 0.0960. The molecule has 7 heteroatoms. The number of methoxy groups -OCH3 is 2. The normalized spacial score (nSPS) is 11.7. The number of rotatable bonds is 7. The van der Waals surface area contributed by atoms with E-state index in [-0.39, 0.29) is 5.92 Å². The molecule has 0 aliphatic rings. The highest BCUT2D eigenvalue weighted by atomic mass is 16.5. The molecule has 0 aliphatic carbocycles. The number of hydrogen-bond acceptors (Lipinski definition) is 4. The van der Waals surface area contributed by atoms with Crippen LogP contribution in [0, 0.1) is 5.92 Å². The van der Waals surface area contributed by atoms with Crippen LogP contribution in [0.25, 0.3) is 0 Å². The third-order valence-corrected chi connectivity index (χ3v) is 2.97. The zero-order valence-electron chi connectivity index (χ0n) is 13.2. The largest absolute Gasteiger partial charge is 0.497 e. The van der Waals surface area contributed by atoms with Gasteiger partial charge in [-0.3, -0.25) is 0 Å². The van der Waals surface area contributed by atoms with Crippen LogP contribution in [0.4, 0.5) is 10.5 Å². The predicted octanol–water partition coefficient (Wildman–Crippen LogP) is 2.32. The van der Waals surface area contributed by atoms with Crippen molar-refractivity contribution in [1.29, 1.82) is 0 Å². The monoisotopic (exact) mass is 310 g/mol. The Bertz CT molecular complexity index is 531. The second-order valence-corrected chi connectivity index (χ2v) is 5.19. The van der Waals surface area contributed by atoms with Crippen molar-refractivity contribution in [2.24, 2.45) is 5.92 Å². The fraction of sp³-hybridized carbons (Fsp3) is 0.467. The number of urea groups is 1. The fourth-order valence-electron chi connectivity index (χ4n) is 1.91. The van der Waals surface area contributed by atoms with E-state index in [2.05, 4.69) is 10.6 Å². The standard InChI is InChI=1S/C15H22N2O5/c1-9(2)7-12(14(18)19)17-15(20)16-11-6-5-10(21-3)8-13(11)22-4/h5-6,8-9,12H,7H2,1-4H3,(H,18,19)(H2,16,17,20)/t12-/m0/s1. The second kappa shape index (κ2) is 8.11. The van der Waals surface area contributed by atoms with Crippen molar-refractivity contribution in [1.82, 2.24) is 5.32 Å². The smallest absolute Gasteiger partial charge is 0.326 e. The first-order valence-corrected chi connectivity index (χ1v) is 6.89. The maximum absolute atomic E-state index is 12.0. The zero-order valence-corrected chi connectivity index (χ0v) is 13.2. The minimum atomic E-state index is -1.06. The lowest BCUT2D eigenvalue weighted by Crippen LogP contribution is -2.43. The molecule has 7 nitrogen and oxygen atoms in total. The van der Waals surface area contributed by atoms with Gasteiger partial charge in [0.2, 0.25) is 0 Å². The van der Waals surface area contributed by atoms with Gasteiger partial charge < -0.3 is 25.2 Å². The number of aliphatic carboxylic acids is 1.